The Hall–Kier alpha value is -1.98. The van der Waals surface area contributed by atoms with Crippen molar-refractivity contribution in [2.24, 2.45) is 5.92 Å². The quantitative estimate of drug-likeness (QED) is 0.798. The minimum atomic E-state index is 0.0661. The topological polar surface area (TPSA) is 75.2 Å². The van der Waals surface area contributed by atoms with Gasteiger partial charge in [0.2, 0.25) is 11.8 Å². The van der Waals surface area contributed by atoms with Crippen LogP contribution in [0.15, 0.2) is 0 Å². The van der Waals surface area contributed by atoms with Crippen LogP contribution in [0.1, 0.15) is 86.5 Å². The van der Waals surface area contributed by atoms with E-state index in [1.165, 1.54) is 25.7 Å². The molecule has 3 aliphatic rings. The molecule has 1 atom stereocenters. The fourth-order valence-electron chi connectivity index (χ4n) is 4.88. The van der Waals surface area contributed by atoms with E-state index in [0.29, 0.717) is 30.7 Å². The number of rotatable bonds is 6. The van der Waals surface area contributed by atoms with E-state index in [-0.39, 0.29) is 11.8 Å². The summed E-state index contributed by atoms with van der Waals surface area (Å²) in [4.78, 5) is 36.6. The number of likely N-dealkylation sites (tertiary alicyclic amines) is 1. The van der Waals surface area contributed by atoms with E-state index in [2.05, 4.69) is 5.32 Å². The highest BCUT2D eigenvalue weighted by atomic mass is 16.2. The molecule has 6 nitrogen and oxygen atoms in total. The lowest BCUT2D eigenvalue weighted by molar-refractivity contribution is -0.133. The van der Waals surface area contributed by atoms with E-state index in [1.807, 2.05) is 18.7 Å². The fraction of sp³-hybridized carbons (Fsp3) is 0.739. The van der Waals surface area contributed by atoms with Gasteiger partial charge in [0.1, 0.15) is 5.82 Å². The summed E-state index contributed by atoms with van der Waals surface area (Å²) in [5.74, 6) is 2.00. The monoisotopic (exact) mass is 398 g/mol. The van der Waals surface area contributed by atoms with Crippen molar-refractivity contribution in [3.63, 3.8) is 0 Å². The smallest absolute Gasteiger partial charge is 0.224 e. The number of amides is 2. The summed E-state index contributed by atoms with van der Waals surface area (Å²) in [6.45, 7) is 5.54. The number of carbonyl (C=O) groups is 2. The van der Waals surface area contributed by atoms with Crippen LogP contribution < -0.4 is 5.32 Å². The van der Waals surface area contributed by atoms with Crippen LogP contribution in [0.5, 0.6) is 0 Å². The Morgan fingerprint density at radius 1 is 1.00 bits per heavy atom. The van der Waals surface area contributed by atoms with Crippen molar-refractivity contribution >= 4 is 11.8 Å². The zero-order valence-electron chi connectivity index (χ0n) is 17.9. The van der Waals surface area contributed by atoms with Gasteiger partial charge in [0, 0.05) is 48.4 Å². The van der Waals surface area contributed by atoms with Gasteiger partial charge in [0.25, 0.3) is 0 Å². The molecule has 4 rings (SSSR count). The third-order valence-corrected chi connectivity index (χ3v) is 6.80. The summed E-state index contributed by atoms with van der Waals surface area (Å²) in [5.41, 5.74) is 2.73. The van der Waals surface area contributed by atoms with Gasteiger partial charge < -0.3 is 10.2 Å². The van der Waals surface area contributed by atoms with Crippen LogP contribution in [0.3, 0.4) is 0 Å². The number of piperidine rings is 1. The minimum Gasteiger partial charge on any atom is -0.353 e. The van der Waals surface area contributed by atoms with Crippen molar-refractivity contribution in [2.45, 2.75) is 90.0 Å². The second-order valence-electron chi connectivity index (χ2n) is 9.28. The third-order valence-electron chi connectivity index (χ3n) is 6.80. The van der Waals surface area contributed by atoms with Gasteiger partial charge in [-0.15, -0.1) is 0 Å². The van der Waals surface area contributed by atoms with Crippen molar-refractivity contribution < 1.29 is 9.59 Å². The molecule has 2 amide bonds. The number of hydrogen-bond acceptors (Lipinski definition) is 4. The largest absolute Gasteiger partial charge is 0.353 e. The van der Waals surface area contributed by atoms with Gasteiger partial charge in [-0.25, -0.2) is 9.97 Å². The lowest BCUT2D eigenvalue weighted by Gasteiger charge is -2.33. The Morgan fingerprint density at radius 2 is 1.69 bits per heavy atom. The zero-order chi connectivity index (χ0) is 20.4. The van der Waals surface area contributed by atoms with Gasteiger partial charge in [-0.3, -0.25) is 9.59 Å². The van der Waals surface area contributed by atoms with Crippen molar-refractivity contribution in [1.82, 2.24) is 20.2 Å². The molecule has 3 fully saturated rings. The van der Waals surface area contributed by atoms with Crippen LogP contribution in [-0.4, -0.2) is 45.8 Å². The zero-order valence-corrected chi connectivity index (χ0v) is 17.9. The summed E-state index contributed by atoms with van der Waals surface area (Å²) in [6, 6.07) is 0.373. The lowest BCUT2D eigenvalue weighted by atomic mass is 9.95. The number of carbonyl (C=O) groups excluding carboxylic acids is 2. The molecule has 2 saturated carbocycles. The van der Waals surface area contributed by atoms with E-state index in [4.69, 9.17) is 9.97 Å². The molecule has 6 heteroatoms. The lowest BCUT2D eigenvalue weighted by Crippen LogP contribution is -2.40. The van der Waals surface area contributed by atoms with Crippen molar-refractivity contribution in [1.29, 1.82) is 0 Å². The normalized spacial score (nSPS) is 22.7. The molecule has 1 N–H and O–H groups in total. The Bertz CT molecular complexity index is 745. The standard InChI is InChI=1S/C23H34N4O2/c1-15-20(13-21(28)26-19-9-10-19)16(2)25-23(24-15)18-8-5-11-27(14-18)22(29)12-17-6-3-4-7-17/h17-19H,3-14H2,1-2H3,(H,26,28). The van der Waals surface area contributed by atoms with Crippen LogP contribution in [0, 0.1) is 19.8 Å². The maximum Gasteiger partial charge on any atom is 0.224 e. The van der Waals surface area contributed by atoms with Crippen molar-refractivity contribution in [3.05, 3.63) is 22.8 Å². The summed E-state index contributed by atoms with van der Waals surface area (Å²) in [7, 11) is 0. The number of hydrogen-bond donors (Lipinski definition) is 1. The maximum atomic E-state index is 12.8. The van der Waals surface area contributed by atoms with Crippen LogP contribution in [-0.2, 0) is 16.0 Å². The molecule has 0 radical (unpaired) electrons. The molecule has 0 spiro atoms. The minimum absolute atomic E-state index is 0.0661. The summed E-state index contributed by atoms with van der Waals surface area (Å²) in [5, 5.41) is 3.04. The average molecular weight is 399 g/mol. The summed E-state index contributed by atoms with van der Waals surface area (Å²) in [6.07, 6.45) is 10.2. The van der Waals surface area contributed by atoms with Gasteiger partial charge in [0.05, 0.1) is 6.42 Å². The predicted octanol–water partition coefficient (Wildman–Crippen LogP) is 3.20. The highest BCUT2D eigenvalue weighted by molar-refractivity contribution is 5.79. The predicted molar refractivity (Wildman–Crippen MR) is 112 cm³/mol. The first-order chi connectivity index (χ1) is 14.0. The highest BCUT2D eigenvalue weighted by Gasteiger charge is 2.29. The molecular formula is C23H34N4O2. The van der Waals surface area contributed by atoms with E-state index in [9.17, 15) is 9.59 Å². The van der Waals surface area contributed by atoms with Gasteiger partial charge >= 0.3 is 0 Å². The Balaban J connectivity index is 1.40. The van der Waals surface area contributed by atoms with E-state index < -0.39 is 0 Å². The third kappa shape index (κ3) is 5.14. The Kier molecular flexibility index (Phi) is 6.16. The molecule has 158 valence electrons. The van der Waals surface area contributed by atoms with Crippen LogP contribution in [0.2, 0.25) is 0 Å². The molecule has 1 aliphatic heterocycles. The van der Waals surface area contributed by atoms with E-state index in [1.54, 1.807) is 0 Å². The first-order valence-electron chi connectivity index (χ1n) is 11.4. The Morgan fingerprint density at radius 3 is 2.34 bits per heavy atom. The molecule has 2 aliphatic carbocycles. The van der Waals surface area contributed by atoms with Gasteiger partial charge in [-0.2, -0.15) is 0 Å². The molecule has 0 bridgehead atoms. The van der Waals surface area contributed by atoms with Crippen LogP contribution in [0.4, 0.5) is 0 Å². The second-order valence-corrected chi connectivity index (χ2v) is 9.28. The van der Waals surface area contributed by atoms with E-state index in [0.717, 1.165) is 61.5 Å². The number of nitrogens with one attached hydrogen (secondary N) is 1. The molecule has 1 saturated heterocycles. The van der Waals surface area contributed by atoms with Crippen molar-refractivity contribution in [3.8, 4) is 0 Å². The SMILES string of the molecule is Cc1nc(C2CCCN(C(=O)CC3CCCC3)C2)nc(C)c1CC(=O)NC1CC1. The van der Waals surface area contributed by atoms with E-state index >= 15 is 0 Å². The average Bonchev–Trinajstić information content (AvgIpc) is 3.36. The number of nitrogens with zero attached hydrogens (tertiary/aromatic N) is 3. The van der Waals surface area contributed by atoms with Gasteiger partial charge in [-0.05, 0) is 58.3 Å². The van der Waals surface area contributed by atoms with Crippen LogP contribution >= 0.6 is 0 Å². The molecule has 29 heavy (non-hydrogen) atoms. The summed E-state index contributed by atoms with van der Waals surface area (Å²) < 4.78 is 0. The molecule has 1 aromatic rings. The van der Waals surface area contributed by atoms with Crippen molar-refractivity contribution in [2.75, 3.05) is 13.1 Å². The summed E-state index contributed by atoms with van der Waals surface area (Å²) >= 11 is 0. The molecule has 0 aromatic carbocycles. The fourth-order valence-corrected chi connectivity index (χ4v) is 4.88. The number of aromatic nitrogens is 2. The maximum absolute atomic E-state index is 12.8. The highest BCUT2D eigenvalue weighted by Crippen LogP contribution is 2.30. The Labute approximate surface area is 173 Å². The molecular weight excluding hydrogens is 364 g/mol. The second kappa shape index (κ2) is 8.80. The molecule has 2 heterocycles. The number of aryl methyl sites for hydroxylation is 2. The first kappa shape index (κ1) is 20.3. The van der Waals surface area contributed by atoms with Gasteiger partial charge in [-0.1, -0.05) is 12.8 Å². The molecule has 1 unspecified atom stereocenters. The first-order valence-corrected chi connectivity index (χ1v) is 11.4. The van der Waals surface area contributed by atoms with Gasteiger partial charge in [0.15, 0.2) is 0 Å². The van der Waals surface area contributed by atoms with Crippen LogP contribution in [0.25, 0.3) is 0 Å². The molecule has 1 aromatic heterocycles.